The fourth-order valence-corrected chi connectivity index (χ4v) is 2.98. The van der Waals surface area contributed by atoms with Crippen LogP contribution in [0.1, 0.15) is 17.9 Å². The van der Waals surface area contributed by atoms with Crippen LogP contribution in [0.4, 0.5) is 10.5 Å². The fraction of sp³-hybridized carbons (Fsp3) is 0.385. The van der Waals surface area contributed by atoms with Crippen molar-refractivity contribution in [3.05, 3.63) is 29.8 Å². The van der Waals surface area contributed by atoms with Crippen molar-refractivity contribution in [1.82, 2.24) is 5.32 Å². The van der Waals surface area contributed by atoms with Gasteiger partial charge in [0.2, 0.25) is 0 Å². The molecule has 100 valence electrons. The van der Waals surface area contributed by atoms with Crippen LogP contribution in [0.25, 0.3) is 0 Å². The molecule has 1 saturated heterocycles. The molecule has 6 nitrogen and oxygen atoms in total. The lowest BCUT2D eigenvalue weighted by atomic mass is 9.96. The van der Waals surface area contributed by atoms with Crippen LogP contribution < -0.4 is 10.2 Å². The van der Waals surface area contributed by atoms with E-state index in [1.807, 2.05) is 24.3 Å². The first kappa shape index (κ1) is 12.0. The first-order chi connectivity index (χ1) is 9.13. The molecule has 1 aromatic rings. The Morgan fingerprint density at radius 3 is 2.84 bits per heavy atom. The van der Waals surface area contributed by atoms with E-state index in [1.165, 1.54) is 12.0 Å². The number of para-hydroxylation sites is 1. The Balaban J connectivity index is 2.01. The van der Waals surface area contributed by atoms with Crippen LogP contribution in [0.2, 0.25) is 0 Å². The van der Waals surface area contributed by atoms with Crippen molar-refractivity contribution in [2.75, 3.05) is 12.0 Å². The molecule has 2 N–H and O–H groups in total. The van der Waals surface area contributed by atoms with E-state index in [4.69, 9.17) is 9.84 Å². The van der Waals surface area contributed by atoms with Gasteiger partial charge in [-0.3, -0.25) is 15.0 Å². The van der Waals surface area contributed by atoms with Gasteiger partial charge in [0, 0.05) is 5.92 Å². The summed E-state index contributed by atoms with van der Waals surface area (Å²) in [6.07, 6.45) is -0.339. The Kier molecular flexibility index (Phi) is 2.67. The monoisotopic (exact) mass is 262 g/mol. The average molecular weight is 262 g/mol. The number of carboxylic acid groups (broad SMARTS) is 1. The summed E-state index contributed by atoms with van der Waals surface area (Å²) < 4.78 is 4.79. The van der Waals surface area contributed by atoms with Crippen molar-refractivity contribution >= 4 is 17.7 Å². The van der Waals surface area contributed by atoms with Gasteiger partial charge in [0.05, 0.1) is 19.0 Å². The molecule has 3 atom stereocenters. The highest BCUT2D eigenvalue weighted by Crippen LogP contribution is 2.45. The molecule has 0 bridgehead atoms. The van der Waals surface area contributed by atoms with Crippen LogP contribution in [0.5, 0.6) is 0 Å². The SMILES string of the molecule is COC(=O)N1c2ccccc2[C@H]2C[C@@H](C(=O)O)N[C@H]21. The number of carbonyl (C=O) groups is 2. The molecule has 2 aliphatic rings. The number of benzene rings is 1. The van der Waals surface area contributed by atoms with Crippen LogP contribution in [0.3, 0.4) is 0 Å². The Hall–Kier alpha value is -2.08. The van der Waals surface area contributed by atoms with Gasteiger partial charge in [-0.1, -0.05) is 18.2 Å². The lowest BCUT2D eigenvalue weighted by Gasteiger charge is -2.24. The van der Waals surface area contributed by atoms with Crippen molar-refractivity contribution in [3.63, 3.8) is 0 Å². The standard InChI is InChI=1S/C13H14N2O4/c1-19-13(18)15-10-5-3-2-4-7(10)8-6-9(12(16)17)14-11(8)15/h2-5,8-9,11,14H,6H2,1H3,(H,16,17)/t8-,9+,11+/m1/s1. The third kappa shape index (κ3) is 1.67. The predicted molar refractivity (Wildman–Crippen MR) is 67.0 cm³/mol. The van der Waals surface area contributed by atoms with E-state index in [2.05, 4.69) is 5.32 Å². The zero-order chi connectivity index (χ0) is 13.6. The highest BCUT2D eigenvalue weighted by atomic mass is 16.5. The summed E-state index contributed by atoms with van der Waals surface area (Å²) in [5.74, 6) is -0.895. The smallest absolute Gasteiger partial charge is 0.415 e. The number of amides is 1. The van der Waals surface area contributed by atoms with Crippen molar-refractivity contribution in [2.45, 2.75) is 24.5 Å². The van der Waals surface area contributed by atoms with Crippen LogP contribution in [-0.4, -0.2) is 36.5 Å². The molecule has 0 unspecified atom stereocenters. The second kappa shape index (κ2) is 4.24. The second-order valence-corrected chi connectivity index (χ2v) is 4.74. The summed E-state index contributed by atoms with van der Waals surface area (Å²) in [6.45, 7) is 0. The number of fused-ring (bicyclic) bond motifs is 3. The number of anilines is 1. The molecule has 0 saturated carbocycles. The van der Waals surface area contributed by atoms with Crippen LogP contribution in [0, 0.1) is 0 Å². The molecule has 0 radical (unpaired) electrons. The van der Waals surface area contributed by atoms with Crippen molar-refractivity contribution in [3.8, 4) is 0 Å². The van der Waals surface area contributed by atoms with Gasteiger partial charge in [-0.25, -0.2) is 4.79 Å². The van der Waals surface area contributed by atoms with Crippen molar-refractivity contribution in [1.29, 1.82) is 0 Å². The number of aliphatic carboxylic acids is 1. The molecular formula is C13H14N2O4. The Bertz CT molecular complexity index is 545. The van der Waals surface area contributed by atoms with E-state index in [1.54, 1.807) is 0 Å². The largest absolute Gasteiger partial charge is 0.480 e. The second-order valence-electron chi connectivity index (χ2n) is 4.74. The molecule has 0 spiro atoms. The molecule has 0 aromatic heterocycles. The van der Waals surface area contributed by atoms with Crippen molar-refractivity contribution < 1.29 is 19.4 Å². The quantitative estimate of drug-likeness (QED) is 0.793. The summed E-state index contributed by atoms with van der Waals surface area (Å²) in [5, 5.41) is 12.1. The molecule has 3 rings (SSSR count). The number of rotatable bonds is 1. The first-order valence-corrected chi connectivity index (χ1v) is 6.08. The highest BCUT2D eigenvalue weighted by Gasteiger charge is 2.49. The Morgan fingerprint density at radius 2 is 2.16 bits per heavy atom. The highest BCUT2D eigenvalue weighted by molar-refractivity contribution is 5.92. The third-order valence-electron chi connectivity index (χ3n) is 3.79. The normalized spacial score (nSPS) is 27.8. The maximum atomic E-state index is 11.9. The van der Waals surface area contributed by atoms with Gasteiger partial charge in [0.1, 0.15) is 6.04 Å². The van der Waals surface area contributed by atoms with E-state index < -0.39 is 18.1 Å². The molecular weight excluding hydrogens is 248 g/mol. The predicted octanol–water partition coefficient (Wildman–Crippen LogP) is 1.13. The number of carbonyl (C=O) groups excluding carboxylic acids is 1. The summed E-state index contributed by atoms with van der Waals surface area (Å²) >= 11 is 0. The van der Waals surface area contributed by atoms with E-state index in [0.29, 0.717) is 6.42 Å². The first-order valence-electron chi connectivity index (χ1n) is 6.08. The third-order valence-corrected chi connectivity index (χ3v) is 3.79. The van der Waals surface area contributed by atoms with Crippen LogP contribution in [0.15, 0.2) is 24.3 Å². The van der Waals surface area contributed by atoms with E-state index in [9.17, 15) is 9.59 Å². The maximum absolute atomic E-state index is 11.9. The zero-order valence-electron chi connectivity index (χ0n) is 10.4. The van der Waals surface area contributed by atoms with Gasteiger partial charge in [-0.2, -0.15) is 0 Å². The van der Waals surface area contributed by atoms with E-state index in [0.717, 1.165) is 11.3 Å². The summed E-state index contributed by atoms with van der Waals surface area (Å²) in [6, 6.07) is 6.90. The van der Waals surface area contributed by atoms with Gasteiger partial charge >= 0.3 is 12.1 Å². The Morgan fingerprint density at radius 1 is 1.42 bits per heavy atom. The number of ether oxygens (including phenoxy) is 1. The summed E-state index contributed by atoms with van der Waals surface area (Å²) in [4.78, 5) is 24.5. The van der Waals surface area contributed by atoms with Gasteiger partial charge in [-0.15, -0.1) is 0 Å². The lowest BCUT2D eigenvalue weighted by Crippen LogP contribution is -2.48. The number of nitrogens with zero attached hydrogens (tertiary/aromatic N) is 1. The molecule has 1 aromatic carbocycles. The minimum atomic E-state index is -0.892. The number of hydrogen-bond donors (Lipinski definition) is 2. The van der Waals surface area contributed by atoms with Crippen LogP contribution >= 0.6 is 0 Å². The molecule has 19 heavy (non-hydrogen) atoms. The zero-order valence-corrected chi connectivity index (χ0v) is 10.4. The molecule has 1 fully saturated rings. The van der Waals surface area contributed by atoms with Gasteiger partial charge in [0.25, 0.3) is 0 Å². The number of hydrogen-bond acceptors (Lipinski definition) is 4. The van der Waals surface area contributed by atoms with E-state index in [-0.39, 0.29) is 12.1 Å². The topological polar surface area (TPSA) is 78.9 Å². The average Bonchev–Trinajstić information content (AvgIpc) is 2.94. The van der Waals surface area contributed by atoms with Crippen LogP contribution in [-0.2, 0) is 9.53 Å². The number of carboxylic acids is 1. The molecule has 1 amide bonds. The van der Waals surface area contributed by atoms with Gasteiger partial charge in [-0.05, 0) is 18.1 Å². The number of nitrogens with one attached hydrogen (secondary N) is 1. The molecule has 2 heterocycles. The van der Waals surface area contributed by atoms with Gasteiger partial charge < -0.3 is 9.84 Å². The van der Waals surface area contributed by atoms with Crippen molar-refractivity contribution in [2.24, 2.45) is 0 Å². The fourth-order valence-electron chi connectivity index (χ4n) is 2.98. The molecule has 0 aliphatic carbocycles. The Labute approximate surface area is 110 Å². The van der Waals surface area contributed by atoms with Gasteiger partial charge in [0.15, 0.2) is 0 Å². The molecule has 6 heteroatoms. The lowest BCUT2D eigenvalue weighted by molar-refractivity contribution is -0.139. The minimum absolute atomic E-state index is 0.00333. The summed E-state index contributed by atoms with van der Waals surface area (Å²) in [7, 11) is 1.32. The minimum Gasteiger partial charge on any atom is -0.480 e. The number of methoxy groups -OCH3 is 1. The summed E-state index contributed by atoms with van der Waals surface area (Å²) in [5.41, 5.74) is 1.79. The maximum Gasteiger partial charge on any atom is 0.415 e. The molecule has 2 aliphatic heterocycles. The van der Waals surface area contributed by atoms with E-state index >= 15 is 0 Å².